The molecule has 4 heteroatoms. The Morgan fingerprint density at radius 2 is 0.967 bits per heavy atom. The first-order valence-electron chi connectivity index (χ1n) is 9.61. The fraction of sp³-hybridized carbons (Fsp3) is 0. The summed E-state index contributed by atoms with van der Waals surface area (Å²) in [7, 11) is -4.43. The lowest BCUT2D eigenvalue weighted by Crippen LogP contribution is -2.01. The maximum atomic E-state index is 12.4. The first-order valence-corrected chi connectivity index (χ1v) is 11.1. The van der Waals surface area contributed by atoms with Crippen molar-refractivity contribution in [3.63, 3.8) is 0 Å². The number of hydrogen-bond donors (Lipinski definition) is 1. The minimum Gasteiger partial charge on any atom is -0.282 e. The normalized spacial score (nSPS) is 11.8. The molecule has 146 valence electrons. The maximum Gasteiger partial charge on any atom is 0.295 e. The van der Waals surface area contributed by atoms with Crippen LogP contribution in [0.1, 0.15) is 0 Å². The first-order chi connectivity index (χ1) is 14.6. The highest BCUT2D eigenvalue weighted by molar-refractivity contribution is 7.86. The molecule has 5 rings (SSSR count). The van der Waals surface area contributed by atoms with Gasteiger partial charge in [0.15, 0.2) is 0 Å². The van der Waals surface area contributed by atoms with Crippen LogP contribution in [0.15, 0.2) is 108 Å². The summed E-state index contributed by atoms with van der Waals surface area (Å²) in [5.74, 6) is 0. The van der Waals surface area contributed by atoms with Crippen molar-refractivity contribution in [2.24, 2.45) is 0 Å². The molecule has 30 heavy (non-hydrogen) atoms. The Labute approximate surface area is 175 Å². The van der Waals surface area contributed by atoms with E-state index < -0.39 is 10.1 Å². The van der Waals surface area contributed by atoms with E-state index in [-0.39, 0.29) is 4.90 Å². The van der Waals surface area contributed by atoms with Gasteiger partial charge in [-0.25, -0.2) is 0 Å². The van der Waals surface area contributed by atoms with Gasteiger partial charge in [-0.2, -0.15) is 8.42 Å². The Morgan fingerprint density at radius 1 is 0.500 bits per heavy atom. The number of rotatable bonds is 3. The Kier molecular flexibility index (Phi) is 4.39. The van der Waals surface area contributed by atoms with Crippen LogP contribution >= 0.6 is 0 Å². The van der Waals surface area contributed by atoms with Crippen LogP contribution in [0.25, 0.3) is 43.8 Å². The van der Waals surface area contributed by atoms with Gasteiger partial charge in [0.05, 0.1) is 0 Å². The summed E-state index contributed by atoms with van der Waals surface area (Å²) < 4.78 is 34.8. The monoisotopic (exact) mass is 410 g/mol. The summed E-state index contributed by atoms with van der Waals surface area (Å²) in [6.45, 7) is 0. The lowest BCUT2D eigenvalue weighted by atomic mass is 9.86. The van der Waals surface area contributed by atoms with E-state index in [0.29, 0.717) is 5.39 Å². The lowest BCUT2D eigenvalue weighted by molar-refractivity contribution is 0.484. The van der Waals surface area contributed by atoms with Gasteiger partial charge >= 0.3 is 0 Å². The summed E-state index contributed by atoms with van der Waals surface area (Å²) in [5, 5.41) is 3.28. The Morgan fingerprint density at radius 3 is 1.53 bits per heavy atom. The van der Waals surface area contributed by atoms with E-state index in [9.17, 15) is 13.0 Å². The van der Waals surface area contributed by atoms with Crippen LogP contribution < -0.4 is 0 Å². The van der Waals surface area contributed by atoms with Gasteiger partial charge in [-0.15, -0.1) is 0 Å². The zero-order valence-corrected chi connectivity index (χ0v) is 16.8. The number of benzene rings is 5. The van der Waals surface area contributed by atoms with E-state index in [1.165, 1.54) is 6.07 Å². The summed E-state index contributed by atoms with van der Waals surface area (Å²) in [6, 6.07) is 32.7. The highest BCUT2D eigenvalue weighted by Gasteiger charge is 2.22. The van der Waals surface area contributed by atoms with Crippen molar-refractivity contribution in [1.29, 1.82) is 0 Å². The van der Waals surface area contributed by atoms with Gasteiger partial charge in [0.25, 0.3) is 10.1 Å². The SMILES string of the molecule is O=S(=O)(O)c1cccc2c(-c3ccccc3)c3ccccc3c(-c3ccccc3)c12. The van der Waals surface area contributed by atoms with Crippen LogP contribution in [0.2, 0.25) is 0 Å². The summed E-state index contributed by atoms with van der Waals surface area (Å²) in [6.07, 6.45) is 0. The fourth-order valence-corrected chi connectivity index (χ4v) is 4.95. The molecule has 0 aliphatic carbocycles. The molecule has 5 aromatic rings. The third-order valence-corrected chi connectivity index (χ3v) is 6.31. The zero-order valence-electron chi connectivity index (χ0n) is 16.0. The van der Waals surface area contributed by atoms with E-state index in [1.807, 2.05) is 84.9 Å². The molecule has 3 nitrogen and oxygen atoms in total. The molecule has 0 bridgehead atoms. The molecule has 0 aliphatic rings. The van der Waals surface area contributed by atoms with Gasteiger partial charge in [0.2, 0.25) is 0 Å². The Hall–Kier alpha value is -3.47. The second-order valence-electron chi connectivity index (χ2n) is 7.18. The molecule has 0 aliphatic heterocycles. The topological polar surface area (TPSA) is 54.4 Å². The fourth-order valence-electron chi connectivity index (χ4n) is 4.23. The second kappa shape index (κ2) is 7.10. The minimum atomic E-state index is -4.43. The summed E-state index contributed by atoms with van der Waals surface area (Å²) in [5.41, 5.74) is 3.64. The van der Waals surface area contributed by atoms with Gasteiger partial charge in [0, 0.05) is 5.39 Å². The third kappa shape index (κ3) is 2.98. The van der Waals surface area contributed by atoms with Crippen LogP contribution in [0.3, 0.4) is 0 Å². The average Bonchev–Trinajstić information content (AvgIpc) is 2.77. The summed E-state index contributed by atoms with van der Waals surface area (Å²) >= 11 is 0. The largest absolute Gasteiger partial charge is 0.295 e. The van der Waals surface area contributed by atoms with Crippen molar-refractivity contribution in [3.05, 3.63) is 103 Å². The maximum absolute atomic E-state index is 12.4. The van der Waals surface area contributed by atoms with Gasteiger partial charge < -0.3 is 0 Å². The molecule has 0 amide bonds. The van der Waals surface area contributed by atoms with Crippen molar-refractivity contribution in [2.75, 3.05) is 0 Å². The van der Waals surface area contributed by atoms with E-state index in [4.69, 9.17) is 0 Å². The molecule has 0 unspecified atom stereocenters. The van der Waals surface area contributed by atoms with Crippen LogP contribution in [-0.4, -0.2) is 13.0 Å². The zero-order chi connectivity index (χ0) is 20.7. The standard InChI is InChI=1S/C26H18O3S/c27-30(28,29)23-17-9-16-22-24(18-10-3-1-4-11-18)20-14-7-8-15-21(20)25(26(22)23)19-12-5-2-6-13-19/h1-17H,(H,27,28,29). The van der Waals surface area contributed by atoms with E-state index in [0.717, 1.165) is 38.4 Å². The van der Waals surface area contributed by atoms with Crippen LogP contribution in [-0.2, 0) is 10.1 Å². The van der Waals surface area contributed by atoms with E-state index >= 15 is 0 Å². The molecule has 5 aromatic carbocycles. The van der Waals surface area contributed by atoms with Gasteiger partial charge in [-0.05, 0) is 44.5 Å². The summed E-state index contributed by atoms with van der Waals surface area (Å²) in [4.78, 5) is -0.0817. The average molecular weight is 410 g/mol. The van der Waals surface area contributed by atoms with Crippen molar-refractivity contribution in [1.82, 2.24) is 0 Å². The molecular weight excluding hydrogens is 392 g/mol. The highest BCUT2D eigenvalue weighted by Crippen LogP contribution is 2.45. The number of fused-ring (bicyclic) bond motifs is 2. The smallest absolute Gasteiger partial charge is 0.282 e. The quantitative estimate of drug-likeness (QED) is 0.270. The van der Waals surface area contributed by atoms with E-state index in [2.05, 4.69) is 6.07 Å². The van der Waals surface area contributed by atoms with Crippen molar-refractivity contribution < 1.29 is 13.0 Å². The van der Waals surface area contributed by atoms with Gasteiger partial charge in [-0.1, -0.05) is 97.1 Å². The molecule has 0 radical (unpaired) electrons. The Bertz CT molecular complexity index is 1490. The number of hydrogen-bond acceptors (Lipinski definition) is 2. The van der Waals surface area contributed by atoms with Crippen LogP contribution in [0.4, 0.5) is 0 Å². The molecule has 0 aromatic heterocycles. The predicted octanol–water partition coefficient (Wildman–Crippen LogP) is 6.57. The molecule has 0 saturated heterocycles. The Balaban J connectivity index is 2.11. The van der Waals surface area contributed by atoms with Gasteiger partial charge in [0.1, 0.15) is 4.90 Å². The molecule has 0 spiro atoms. The molecular formula is C26H18O3S. The van der Waals surface area contributed by atoms with E-state index in [1.54, 1.807) is 6.07 Å². The minimum absolute atomic E-state index is 0.0817. The highest BCUT2D eigenvalue weighted by atomic mass is 32.2. The molecule has 0 saturated carbocycles. The van der Waals surface area contributed by atoms with Crippen LogP contribution in [0.5, 0.6) is 0 Å². The third-order valence-electron chi connectivity index (χ3n) is 5.41. The molecule has 0 fully saturated rings. The van der Waals surface area contributed by atoms with Crippen molar-refractivity contribution >= 4 is 31.7 Å². The molecule has 1 N–H and O–H groups in total. The lowest BCUT2D eigenvalue weighted by Gasteiger charge is -2.19. The van der Waals surface area contributed by atoms with Crippen molar-refractivity contribution in [3.8, 4) is 22.3 Å². The predicted molar refractivity (Wildman–Crippen MR) is 122 cm³/mol. The second-order valence-corrected chi connectivity index (χ2v) is 8.57. The molecule has 0 heterocycles. The molecule has 0 atom stereocenters. The van der Waals surface area contributed by atoms with Crippen molar-refractivity contribution in [2.45, 2.75) is 4.90 Å². The first kappa shape index (κ1) is 18.6. The van der Waals surface area contributed by atoms with Gasteiger partial charge in [-0.3, -0.25) is 4.55 Å². The van der Waals surface area contributed by atoms with Crippen LogP contribution in [0, 0.1) is 0 Å².